The Balaban J connectivity index is 2.17. The summed E-state index contributed by atoms with van der Waals surface area (Å²) in [5, 5.41) is 10.0. The van der Waals surface area contributed by atoms with Crippen molar-refractivity contribution >= 4 is 11.6 Å². The van der Waals surface area contributed by atoms with E-state index in [0.717, 1.165) is 11.4 Å². The van der Waals surface area contributed by atoms with E-state index in [-0.39, 0.29) is 0 Å². The standard InChI is InChI=1S/C11H14ClN3O/c1-8(16)9-3-4-15(6-9)7-11-13-5-10(12)14(11)2/h3-6,8,16H,7H2,1-2H3. The zero-order chi connectivity index (χ0) is 11.7. The first kappa shape index (κ1) is 11.2. The molecular weight excluding hydrogens is 226 g/mol. The van der Waals surface area contributed by atoms with Crippen LogP contribution >= 0.6 is 11.6 Å². The van der Waals surface area contributed by atoms with Crippen LogP contribution in [-0.4, -0.2) is 19.2 Å². The molecule has 16 heavy (non-hydrogen) atoms. The lowest BCUT2D eigenvalue weighted by atomic mass is 10.2. The number of aromatic nitrogens is 3. The van der Waals surface area contributed by atoms with Gasteiger partial charge in [0.15, 0.2) is 0 Å². The van der Waals surface area contributed by atoms with E-state index in [9.17, 15) is 5.11 Å². The summed E-state index contributed by atoms with van der Waals surface area (Å²) in [4.78, 5) is 4.21. The number of nitrogens with zero attached hydrogens (tertiary/aromatic N) is 3. The minimum Gasteiger partial charge on any atom is -0.389 e. The number of halogens is 1. The highest BCUT2D eigenvalue weighted by atomic mass is 35.5. The minimum atomic E-state index is -0.439. The molecule has 2 aromatic rings. The summed E-state index contributed by atoms with van der Waals surface area (Å²) in [6, 6.07) is 1.90. The van der Waals surface area contributed by atoms with Crippen molar-refractivity contribution in [3.05, 3.63) is 41.2 Å². The Labute approximate surface area is 99.1 Å². The molecule has 0 aliphatic heterocycles. The molecule has 2 heterocycles. The lowest BCUT2D eigenvalue weighted by Gasteiger charge is -2.04. The van der Waals surface area contributed by atoms with Crippen LogP contribution in [0.1, 0.15) is 24.4 Å². The number of imidazole rings is 1. The monoisotopic (exact) mass is 239 g/mol. The van der Waals surface area contributed by atoms with Crippen LogP contribution in [0.3, 0.4) is 0 Å². The highest BCUT2D eigenvalue weighted by molar-refractivity contribution is 6.29. The summed E-state index contributed by atoms with van der Waals surface area (Å²) in [5.74, 6) is 0.887. The van der Waals surface area contributed by atoms with E-state index in [1.165, 1.54) is 0 Å². The lowest BCUT2D eigenvalue weighted by molar-refractivity contribution is 0.199. The quantitative estimate of drug-likeness (QED) is 0.890. The third-order valence-corrected chi connectivity index (χ3v) is 2.96. The Kier molecular flexibility index (Phi) is 3.03. The van der Waals surface area contributed by atoms with Gasteiger partial charge in [-0.05, 0) is 18.6 Å². The molecule has 0 bridgehead atoms. The van der Waals surface area contributed by atoms with Crippen molar-refractivity contribution in [3.8, 4) is 0 Å². The van der Waals surface area contributed by atoms with Gasteiger partial charge in [0.2, 0.25) is 0 Å². The Morgan fingerprint density at radius 2 is 2.31 bits per heavy atom. The van der Waals surface area contributed by atoms with Crippen LogP contribution in [0.25, 0.3) is 0 Å². The maximum Gasteiger partial charge on any atom is 0.129 e. The fourth-order valence-corrected chi connectivity index (χ4v) is 1.69. The van der Waals surface area contributed by atoms with Gasteiger partial charge in [-0.1, -0.05) is 11.6 Å². The summed E-state index contributed by atoms with van der Waals surface area (Å²) < 4.78 is 3.81. The van der Waals surface area contributed by atoms with Gasteiger partial charge in [0.05, 0.1) is 18.8 Å². The molecule has 0 saturated heterocycles. The topological polar surface area (TPSA) is 43.0 Å². The predicted molar refractivity (Wildman–Crippen MR) is 62.4 cm³/mol. The molecule has 0 aromatic carbocycles. The first-order valence-electron chi connectivity index (χ1n) is 5.07. The molecule has 1 atom stereocenters. The van der Waals surface area contributed by atoms with E-state index in [1.807, 2.05) is 34.6 Å². The van der Waals surface area contributed by atoms with Gasteiger partial charge in [0, 0.05) is 19.4 Å². The Morgan fingerprint density at radius 3 is 2.81 bits per heavy atom. The second kappa shape index (κ2) is 4.31. The number of aliphatic hydroxyl groups is 1. The normalized spacial score (nSPS) is 13.0. The third-order valence-electron chi connectivity index (χ3n) is 2.61. The van der Waals surface area contributed by atoms with Crippen LogP contribution in [0.15, 0.2) is 24.7 Å². The molecular formula is C11H14ClN3O. The van der Waals surface area contributed by atoms with Crippen LogP contribution in [0.2, 0.25) is 5.15 Å². The first-order valence-corrected chi connectivity index (χ1v) is 5.45. The van der Waals surface area contributed by atoms with Gasteiger partial charge in [-0.25, -0.2) is 4.98 Å². The molecule has 0 fully saturated rings. The van der Waals surface area contributed by atoms with E-state index < -0.39 is 6.10 Å². The van der Waals surface area contributed by atoms with Crippen molar-refractivity contribution in [2.75, 3.05) is 0 Å². The van der Waals surface area contributed by atoms with Crippen molar-refractivity contribution < 1.29 is 5.11 Å². The largest absolute Gasteiger partial charge is 0.389 e. The second-order valence-corrected chi connectivity index (χ2v) is 4.24. The fourth-order valence-electron chi connectivity index (χ4n) is 1.54. The number of hydrogen-bond acceptors (Lipinski definition) is 2. The van der Waals surface area contributed by atoms with Crippen LogP contribution in [0.5, 0.6) is 0 Å². The lowest BCUT2D eigenvalue weighted by Crippen LogP contribution is -2.04. The summed E-state index contributed by atoms with van der Waals surface area (Å²) in [5.41, 5.74) is 0.903. The van der Waals surface area contributed by atoms with Crippen molar-refractivity contribution in [2.45, 2.75) is 19.6 Å². The SMILES string of the molecule is CC(O)c1ccn(Cc2ncc(Cl)n2C)c1. The zero-order valence-corrected chi connectivity index (χ0v) is 10.0. The van der Waals surface area contributed by atoms with E-state index in [1.54, 1.807) is 13.1 Å². The van der Waals surface area contributed by atoms with Gasteiger partial charge >= 0.3 is 0 Å². The van der Waals surface area contributed by atoms with Crippen LogP contribution < -0.4 is 0 Å². The molecule has 86 valence electrons. The summed E-state index contributed by atoms with van der Waals surface area (Å²) >= 11 is 5.90. The molecule has 2 aromatic heterocycles. The van der Waals surface area contributed by atoms with Gasteiger partial charge in [-0.2, -0.15) is 0 Å². The maximum atomic E-state index is 9.41. The van der Waals surface area contributed by atoms with Gasteiger partial charge in [-0.3, -0.25) is 0 Å². The molecule has 0 aliphatic carbocycles. The zero-order valence-electron chi connectivity index (χ0n) is 9.26. The molecule has 0 spiro atoms. The summed E-state index contributed by atoms with van der Waals surface area (Å²) in [6.45, 7) is 2.40. The average molecular weight is 240 g/mol. The van der Waals surface area contributed by atoms with Crippen LogP contribution in [0.4, 0.5) is 0 Å². The minimum absolute atomic E-state index is 0.439. The molecule has 0 amide bonds. The van der Waals surface area contributed by atoms with Gasteiger partial charge in [0.1, 0.15) is 11.0 Å². The number of rotatable bonds is 3. The van der Waals surface area contributed by atoms with Crippen LogP contribution in [-0.2, 0) is 13.6 Å². The molecule has 0 saturated carbocycles. The van der Waals surface area contributed by atoms with Crippen LogP contribution in [0, 0.1) is 0 Å². The van der Waals surface area contributed by atoms with Gasteiger partial charge in [0.25, 0.3) is 0 Å². The van der Waals surface area contributed by atoms with E-state index >= 15 is 0 Å². The highest BCUT2D eigenvalue weighted by Crippen LogP contribution is 2.14. The predicted octanol–water partition coefficient (Wildman–Crippen LogP) is 1.98. The maximum absolute atomic E-state index is 9.41. The number of hydrogen-bond donors (Lipinski definition) is 1. The van der Waals surface area contributed by atoms with Gasteiger partial charge < -0.3 is 14.2 Å². The molecule has 5 heteroatoms. The van der Waals surface area contributed by atoms with Gasteiger partial charge in [-0.15, -0.1) is 0 Å². The van der Waals surface area contributed by atoms with E-state index in [0.29, 0.717) is 11.7 Å². The van der Waals surface area contributed by atoms with E-state index in [4.69, 9.17) is 11.6 Å². The van der Waals surface area contributed by atoms with Crippen molar-refractivity contribution in [3.63, 3.8) is 0 Å². The Hall–Kier alpha value is -1.26. The molecule has 4 nitrogen and oxygen atoms in total. The third kappa shape index (κ3) is 2.13. The van der Waals surface area contributed by atoms with E-state index in [2.05, 4.69) is 4.98 Å². The first-order chi connectivity index (χ1) is 7.58. The number of aliphatic hydroxyl groups excluding tert-OH is 1. The second-order valence-electron chi connectivity index (χ2n) is 3.85. The van der Waals surface area contributed by atoms with Crippen molar-refractivity contribution in [1.82, 2.24) is 14.1 Å². The average Bonchev–Trinajstić information content (AvgIpc) is 2.81. The molecule has 0 radical (unpaired) electrons. The summed E-state index contributed by atoms with van der Waals surface area (Å²) in [6.07, 6.45) is 5.03. The highest BCUT2D eigenvalue weighted by Gasteiger charge is 2.07. The molecule has 2 rings (SSSR count). The summed E-state index contributed by atoms with van der Waals surface area (Å²) in [7, 11) is 1.88. The Morgan fingerprint density at radius 1 is 1.56 bits per heavy atom. The fraction of sp³-hybridized carbons (Fsp3) is 0.364. The Bertz CT molecular complexity index is 487. The molecule has 1 N–H and O–H groups in total. The smallest absolute Gasteiger partial charge is 0.129 e. The van der Waals surface area contributed by atoms with Crippen molar-refractivity contribution in [1.29, 1.82) is 0 Å². The molecule has 1 unspecified atom stereocenters. The molecule has 0 aliphatic rings. The van der Waals surface area contributed by atoms with Crippen molar-refractivity contribution in [2.24, 2.45) is 7.05 Å².